The third kappa shape index (κ3) is 4.42. The predicted molar refractivity (Wildman–Crippen MR) is 98.7 cm³/mol. The standard InChI is InChI=1S/C15H9Cl2F6N5O2S/c1-27(2)13-11(31(29)15(21,22)23)9(12-24-5-30-26-12)25-28(13)10-7(16)3-6(4-8(10)17)14(18,19)20/h3-5H,1-2H3. The second-order valence-electron chi connectivity index (χ2n) is 6.06. The van der Waals surface area contributed by atoms with Gasteiger partial charge in [0.2, 0.25) is 17.1 Å². The van der Waals surface area contributed by atoms with Crippen LogP contribution < -0.4 is 4.90 Å². The Morgan fingerprint density at radius 1 is 1.10 bits per heavy atom. The van der Waals surface area contributed by atoms with Crippen molar-refractivity contribution in [2.75, 3.05) is 19.0 Å². The van der Waals surface area contributed by atoms with E-state index in [0.29, 0.717) is 12.1 Å². The van der Waals surface area contributed by atoms with Crippen LogP contribution in [0.15, 0.2) is 27.9 Å². The number of benzene rings is 1. The number of alkyl halides is 6. The van der Waals surface area contributed by atoms with Gasteiger partial charge in [0.15, 0.2) is 11.5 Å². The Kier molecular flexibility index (Phi) is 6.12. The SMILES string of the molecule is CN(C)c1c([S+]([O-])C(F)(F)F)c(-c2ncon2)nn1-c1c(Cl)cc(C(F)(F)F)cc1Cl. The van der Waals surface area contributed by atoms with Crippen molar-refractivity contribution < 1.29 is 35.4 Å². The van der Waals surface area contributed by atoms with E-state index in [-0.39, 0.29) is 5.69 Å². The molecule has 0 spiro atoms. The van der Waals surface area contributed by atoms with Crippen molar-refractivity contribution in [3.63, 3.8) is 0 Å². The second-order valence-corrected chi connectivity index (χ2v) is 8.29. The van der Waals surface area contributed by atoms with Gasteiger partial charge in [0.05, 0.1) is 15.6 Å². The van der Waals surface area contributed by atoms with Crippen LogP contribution in [0.2, 0.25) is 10.0 Å². The van der Waals surface area contributed by atoms with E-state index in [1.165, 1.54) is 14.1 Å². The smallest absolute Gasteiger partial charge is 0.578 e. The zero-order chi connectivity index (χ0) is 23.3. The van der Waals surface area contributed by atoms with Crippen molar-refractivity contribution in [3.8, 4) is 17.2 Å². The number of nitrogens with zero attached hydrogens (tertiary/aromatic N) is 5. The summed E-state index contributed by atoms with van der Waals surface area (Å²) in [5.41, 5.74) is -7.33. The molecule has 16 heteroatoms. The van der Waals surface area contributed by atoms with Crippen molar-refractivity contribution in [1.29, 1.82) is 0 Å². The molecule has 2 heterocycles. The summed E-state index contributed by atoms with van der Waals surface area (Å²) >= 11 is 8.37. The first kappa shape index (κ1) is 23.5. The van der Waals surface area contributed by atoms with Gasteiger partial charge in [-0.25, -0.2) is 4.68 Å². The topological polar surface area (TPSA) is 83.0 Å². The molecule has 168 valence electrons. The lowest BCUT2D eigenvalue weighted by atomic mass is 10.2. The summed E-state index contributed by atoms with van der Waals surface area (Å²) in [6.45, 7) is 0. The lowest BCUT2D eigenvalue weighted by Gasteiger charge is -2.20. The summed E-state index contributed by atoms with van der Waals surface area (Å²) in [6.07, 6.45) is -3.97. The number of rotatable bonds is 4. The lowest BCUT2D eigenvalue weighted by molar-refractivity contribution is -0.137. The van der Waals surface area contributed by atoms with Crippen LogP contribution in [0, 0.1) is 0 Å². The van der Waals surface area contributed by atoms with Crippen LogP contribution in [0.4, 0.5) is 32.2 Å². The van der Waals surface area contributed by atoms with Crippen LogP contribution in [0.5, 0.6) is 0 Å². The van der Waals surface area contributed by atoms with Crippen molar-refractivity contribution in [2.45, 2.75) is 16.6 Å². The van der Waals surface area contributed by atoms with Crippen molar-refractivity contribution >= 4 is 40.2 Å². The molecule has 7 nitrogen and oxygen atoms in total. The predicted octanol–water partition coefficient (Wildman–Crippen LogP) is 4.94. The number of aromatic nitrogens is 4. The van der Waals surface area contributed by atoms with Crippen molar-refractivity contribution in [1.82, 2.24) is 19.9 Å². The minimum absolute atomic E-state index is 0.366. The second kappa shape index (κ2) is 8.07. The molecule has 0 saturated carbocycles. The highest BCUT2D eigenvalue weighted by molar-refractivity contribution is 7.92. The molecule has 0 aliphatic heterocycles. The average Bonchev–Trinajstić information content (AvgIpc) is 3.26. The first-order valence-corrected chi connectivity index (χ1v) is 9.76. The molecule has 31 heavy (non-hydrogen) atoms. The number of halogens is 8. The molecule has 0 fully saturated rings. The third-order valence-corrected chi connectivity index (χ3v) is 5.51. The number of hydrogen-bond acceptors (Lipinski definition) is 6. The molecule has 3 aromatic rings. The van der Waals surface area contributed by atoms with E-state index in [9.17, 15) is 30.9 Å². The first-order chi connectivity index (χ1) is 14.2. The Hall–Kier alpha value is -2.16. The van der Waals surface area contributed by atoms with Gasteiger partial charge in [-0.05, 0) is 12.1 Å². The largest absolute Gasteiger partial charge is 0.604 e. The molecular formula is C15H9Cl2F6N5O2S. The van der Waals surface area contributed by atoms with Gasteiger partial charge in [0, 0.05) is 14.1 Å². The molecule has 1 aromatic carbocycles. The highest BCUT2D eigenvalue weighted by atomic mass is 35.5. The van der Waals surface area contributed by atoms with Gasteiger partial charge >= 0.3 is 11.7 Å². The summed E-state index contributed by atoms with van der Waals surface area (Å²) in [5.74, 6) is -0.854. The van der Waals surface area contributed by atoms with E-state index in [2.05, 4.69) is 19.8 Å². The molecule has 1 unspecified atom stereocenters. The van der Waals surface area contributed by atoms with Gasteiger partial charge in [-0.1, -0.05) is 28.4 Å². The number of anilines is 1. The molecule has 2 aromatic heterocycles. The maximum Gasteiger partial charge on any atom is 0.578 e. The molecule has 0 radical (unpaired) electrons. The molecule has 0 aliphatic carbocycles. The minimum Gasteiger partial charge on any atom is -0.604 e. The Labute approximate surface area is 182 Å². The quantitative estimate of drug-likeness (QED) is 0.367. The summed E-state index contributed by atoms with van der Waals surface area (Å²) in [6, 6.07) is 1.08. The summed E-state index contributed by atoms with van der Waals surface area (Å²) in [4.78, 5) is 3.88. The van der Waals surface area contributed by atoms with E-state index in [0.717, 1.165) is 16.0 Å². The molecule has 0 bridgehead atoms. The third-order valence-electron chi connectivity index (χ3n) is 3.77. The Balaban J connectivity index is 2.37. The van der Waals surface area contributed by atoms with Crippen LogP contribution in [-0.2, 0) is 17.4 Å². The molecule has 0 N–H and O–H groups in total. The fourth-order valence-electron chi connectivity index (χ4n) is 2.58. The van der Waals surface area contributed by atoms with Crippen LogP contribution >= 0.6 is 23.2 Å². The fraction of sp³-hybridized carbons (Fsp3) is 0.267. The Morgan fingerprint density at radius 3 is 2.10 bits per heavy atom. The van der Waals surface area contributed by atoms with E-state index >= 15 is 0 Å². The zero-order valence-corrected chi connectivity index (χ0v) is 17.5. The first-order valence-electron chi connectivity index (χ1n) is 7.85. The summed E-state index contributed by atoms with van der Waals surface area (Å²) in [7, 11) is 2.60. The van der Waals surface area contributed by atoms with Crippen molar-refractivity contribution in [3.05, 3.63) is 34.1 Å². The van der Waals surface area contributed by atoms with Crippen LogP contribution in [0.3, 0.4) is 0 Å². The molecule has 0 saturated heterocycles. The van der Waals surface area contributed by atoms with Gasteiger partial charge in [-0.15, -0.1) is 13.2 Å². The molecule has 0 aliphatic rings. The molecule has 3 rings (SSSR count). The van der Waals surface area contributed by atoms with Gasteiger partial charge in [-0.3, -0.25) is 0 Å². The highest BCUT2D eigenvalue weighted by Crippen LogP contribution is 2.44. The van der Waals surface area contributed by atoms with E-state index < -0.39 is 60.7 Å². The monoisotopic (exact) mass is 507 g/mol. The van der Waals surface area contributed by atoms with Crippen LogP contribution in [0.25, 0.3) is 17.2 Å². The minimum atomic E-state index is -5.20. The van der Waals surface area contributed by atoms with E-state index in [4.69, 9.17) is 23.2 Å². The summed E-state index contributed by atoms with van der Waals surface area (Å²) in [5, 5.41) is 6.23. The number of hydrogen-bond donors (Lipinski definition) is 0. The molecular weight excluding hydrogens is 499 g/mol. The van der Waals surface area contributed by atoms with Gasteiger partial charge in [0.1, 0.15) is 16.9 Å². The van der Waals surface area contributed by atoms with Crippen LogP contribution in [-0.4, -0.2) is 44.1 Å². The van der Waals surface area contributed by atoms with Crippen molar-refractivity contribution in [2.24, 2.45) is 0 Å². The van der Waals surface area contributed by atoms with Gasteiger partial charge < -0.3 is 14.0 Å². The van der Waals surface area contributed by atoms with Gasteiger partial charge in [0.25, 0.3) is 0 Å². The lowest BCUT2D eigenvalue weighted by Crippen LogP contribution is -2.26. The fourth-order valence-corrected chi connectivity index (χ4v) is 4.20. The molecule has 0 amide bonds. The van der Waals surface area contributed by atoms with E-state index in [1.54, 1.807) is 0 Å². The average molecular weight is 508 g/mol. The van der Waals surface area contributed by atoms with Gasteiger partial charge in [-0.2, -0.15) is 23.3 Å². The normalized spacial score (nSPS) is 13.5. The maximum absolute atomic E-state index is 13.4. The molecule has 1 atom stereocenters. The maximum atomic E-state index is 13.4. The Bertz CT molecular complexity index is 1080. The van der Waals surface area contributed by atoms with E-state index in [1.807, 2.05) is 0 Å². The van der Waals surface area contributed by atoms with Crippen LogP contribution in [0.1, 0.15) is 5.56 Å². The Morgan fingerprint density at radius 2 is 1.68 bits per heavy atom. The zero-order valence-electron chi connectivity index (χ0n) is 15.2. The summed E-state index contributed by atoms with van der Waals surface area (Å²) < 4.78 is 96.8. The highest BCUT2D eigenvalue weighted by Gasteiger charge is 2.51.